The van der Waals surface area contributed by atoms with Crippen LogP contribution < -0.4 is 0 Å². The third kappa shape index (κ3) is 2.11. The molecule has 0 aliphatic rings. The molecule has 0 aromatic heterocycles. The van der Waals surface area contributed by atoms with Crippen molar-refractivity contribution >= 4 is 12.1 Å². The molecule has 0 aliphatic heterocycles. The summed E-state index contributed by atoms with van der Waals surface area (Å²) in [4.78, 5) is 21.8. The molecule has 0 amide bonds. The lowest BCUT2D eigenvalue weighted by Gasteiger charge is -2.08. The van der Waals surface area contributed by atoms with Crippen molar-refractivity contribution in [3.05, 3.63) is 34.4 Å². The lowest BCUT2D eigenvalue weighted by molar-refractivity contribution is 0.100. The van der Waals surface area contributed by atoms with Crippen LogP contribution in [0, 0.1) is 11.3 Å². The first kappa shape index (κ1) is 12.0. The summed E-state index contributed by atoms with van der Waals surface area (Å²) in [5.74, 6) is -0.527. The number of hydrogen-bond acceptors (Lipinski definition) is 3. The molecular weight excluding hydrogens is 216 g/mol. The Balaban J connectivity index is 3.60. The fourth-order valence-corrected chi connectivity index (χ4v) is 1.34. The molecule has 82 valence electrons. The van der Waals surface area contributed by atoms with Gasteiger partial charge in [0.15, 0.2) is 12.1 Å². The number of carbonyl (C=O) groups excluding carboxylic acids is 2. The van der Waals surface area contributed by atoms with Crippen LogP contribution in [0.25, 0.3) is 0 Å². The van der Waals surface area contributed by atoms with Crippen molar-refractivity contribution in [2.75, 3.05) is 0 Å². The van der Waals surface area contributed by atoms with Gasteiger partial charge in [-0.25, -0.2) is 8.78 Å². The molecule has 0 spiro atoms. The van der Waals surface area contributed by atoms with Gasteiger partial charge < -0.3 is 0 Å². The Morgan fingerprint density at radius 1 is 1.50 bits per heavy atom. The van der Waals surface area contributed by atoms with Crippen LogP contribution in [-0.4, -0.2) is 12.1 Å². The normalized spacial score (nSPS) is 9.94. The van der Waals surface area contributed by atoms with Gasteiger partial charge in [-0.1, -0.05) is 0 Å². The number of ketones is 1. The average Bonchev–Trinajstić information content (AvgIpc) is 2.26. The molecule has 0 unspecified atom stereocenters. The van der Waals surface area contributed by atoms with Crippen LogP contribution in [0.1, 0.15) is 45.2 Å². The smallest absolute Gasteiger partial charge is 0.264 e. The Hall–Kier alpha value is -2.09. The molecule has 0 atom stereocenters. The van der Waals surface area contributed by atoms with E-state index in [1.165, 1.54) is 0 Å². The zero-order chi connectivity index (χ0) is 12.3. The predicted octanol–water partition coefficient (Wildman–Crippen LogP) is 2.51. The summed E-state index contributed by atoms with van der Waals surface area (Å²) in [5, 5.41) is 8.62. The minimum absolute atomic E-state index is 0.0638. The molecular formula is C11H7F2NO2. The van der Waals surface area contributed by atoms with Gasteiger partial charge >= 0.3 is 0 Å². The largest absolute Gasteiger partial charge is 0.298 e. The number of aldehydes is 1. The van der Waals surface area contributed by atoms with Gasteiger partial charge in [0.25, 0.3) is 6.43 Å². The summed E-state index contributed by atoms with van der Waals surface area (Å²) in [7, 11) is 0. The Morgan fingerprint density at radius 2 is 2.12 bits per heavy atom. The molecule has 0 saturated carbocycles. The zero-order valence-corrected chi connectivity index (χ0v) is 8.33. The minimum Gasteiger partial charge on any atom is -0.298 e. The molecule has 1 aromatic rings. The van der Waals surface area contributed by atoms with Crippen molar-refractivity contribution in [2.45, 2.75) is 13.3 Å². The number of alkyl halides is 2. The summed E-state index contributed by atoms with van der Waals surface area (Å²) in [6.45, 7) is 1.15. The fourth-order valence-electron chi connectivity index (χ4n) is 1.34. The van der Waals surface area contributed by atoms with Crippen molar-refractivity contribution < 1.29 is 18.4 Å². The molecule has 5 heteroatoms. The van der Waals surface area contributed by atoms with Gasteiger partial charge in [-0.3, -0.25) is 9.59 Å². The number of hydrogen-bond donors (Lipinski definition) is 0. The van der Waals surface area contributed by atoms with Crippen LogP contribution >= 0.6 is 0 Å². The van der Waals surface area contributed by atoms with E-state index in [-0.39, 0.29) is 23.0 Å². The molecule has 0 heterocycles. The number of rotatable bonds is 3. The van der Waals surface area contributed by atoms with E-state index in [1.54, 1.807) is 6.07 Å². The molecule has 0 saturated heterocycles. The quantitative estimate of drug-likeness (QED) is 0.584. The zero-order valence-electron chi connectivity index (χ0n) is 8.33. The van der Waals surface area contributed by atoms with E-state index in [4.69, 9.17) is 5.26 Å². The summed E-state index contributed by atoms with van der Waals surface area (Å²) >= 11 is 0. The highest BCUT2D eigenvalue weighted by molar-refractivity contribution is 6.02. The van der Waals surface area contributed by atoms with Crippen molar-refractivity contribution in [2.24, 2.45) is 0 Å². The van der Waals surface area contributed by atoms with E-state index >= 15 is 0 Å². The number of benzene rings is 1. The summed E-state index contributed by atoms with van der Waals surface area (Å²) < 4.78 is 25.2. The second kappa shape index (κ2) is 4.62. The van der Waals surface area contributed by atoms with Crippen molar-refractivity contribution in [1.29, 1.82) is 5.26 Å². The van der Waals surface area contributed by atoms with Gasteiger partial charge in [0.2, 0.25) is 0 Å². The Labute approximate surface area is 90.3 Å². The standard InChI is InChI=1S/C11H7F2NO2/c1-6(16)8-2-7(4-14)3-9(11(12)13)10(8)5-15/h2-3,5,11H,1H3. The molecule has 16 heavy (non-hydrogen) atoms. The van der Waals surface area contributed by atoms with Gasteiger partial charge in [0.05, 0.1) is 11.6 Å². The molecule has 0 aliphatic carbocycles. The van der Waals surface area contributed by atoms with Crippen molar-refractivity contribution in [3.8, 4) is 6.07 Å². The maximum absolute atomic E-state index is 12.6. The van der Waals surface area contributed by atoms with E-state index in [1.807, 2.05) is 0 Å². The second-order valence-corrected chi connectivity index (χ2v) is 3.11. The van der Waals surface area contributed by atoms with Gasteiger partial charge in [-0.2, -0.15) is 5.26 Å². The highest BCUT2D eigenvalue weighted by Crippen LogP contribution is 2.26. The van der Waals surface area contributed by atoms with Gasteiger partial charge in [0, 0.05) is 16.7 Å². The van der Waals surface area contributed by atoms with Crippen LogP contribution in [0.3, 0.4) is 0 Å². The predicted molar refractivity (Wildman–Crippen MR) is 51.5 cm³/mol. The topological polar surface area (TPSA) is 57.9 Å². The molecule has 1 rings (SSSR count). The van der Waals surface area contributed by atoms with Crippen molar-refractivity contribution in [3.63, 3.8) is 0 Å². The minimum atomic E-state index is -2.90. The maximum Gasteiger partial charge on any atom is 0.264 e. The SMILES string of the molecule is CC(=O)c1cc(C#N)cc(C(F)F)c1C=O. The van der Waals surface area contributed by atoms with E-state index in [0.29, 0.717) is 0 Å². The lowest BCUT2D eigenvalue weighted by atomic mass is 9.96. The number of halogens is 2. The summed E-state index contributed by atoms with van der Waals surface area (Å²) in [5.41, 5.74) is -1.14. The number of Topliss-reactive ketones (excluding diaryl/α,β-unsaturated/α-hetero) is 1. The number of carbonyl (C=O) groups is 2. The van der Waals surface area contributed by atoms with Gasteiger partial charge in [-0.15, -0.1) is 0 Å². The van der Waals surface area contributed by atoms with Gasteiger partial charge in [0.1, 0.15) is 0 Å². The highest BCUT2D eigenvalue weighted by Gasteiger charge is 2.19. The first-order valence-corrected chi connectivity index (χ1v) is 4.33. The molecule has 0 N–H and O–H groups in total. The van der Waals surface area contributed by atoms with Crippen LogP contribution in [0.15, 0.2) is 12.1 Å². The first-order valence-electron chi connectivity index (χ1n) is 4.33. The van der Waals surface area contributed by atoms with E-state index in [0.717, 1.165) is 19.1 Å². The maximum atomic E-state index is 12.6. The molecule has 0 bridgehead atoms. The van der Waals surface area contributed by atoms with Crippen LogP contribution in [-0.2, 0) is 0 Å². The molecule has 1 aromatic carbocycles. The summed E-state index contributed by atoms with van der Waals surface area (Å²) in [6, 6.07) is 3.72. The van der Waals surface area contributed by atoms with Crippen LogP contribution in [0.2, 0.25) is 0 Å². The Kier molecular flexibility index (Phi) is 3.46. The van der Waals surface area contributed by atoms with Crippen LogP contribution in [0.5, 0.6) is 0 Å². The average molecular weight is 223 g/mol. The Bertz CT molecular complexity index is 489. The number of nitriles is 1. The Morgan fingerprint density at radius 3 is 2.50 bits per heavy atom. The third-order valence-electron chi connectivity index (χ3n) is 2.07. The monoisotopic (exact) mass is 223 g/mol. The fraction of sp³-hybridized carbons (Fsp3) is 0.182. The first-order chi connectivity index (χ1) is 7.51. The molecule has 0 fully saturated rings. The third-order valence-corrected chi connectivity index (χ3v) is 2.07. The van der Waals surface area contributed by atoms with E-state index in [9.17, 15) is 18.4 Å². The van der Waals surface area contributed by atoms with Crippen LogP contribution in [0.4, 0.5) is 8.78 Å². The molecule has 0 radical (unpaired) electrons. The lowest BCUT2D eigenvalue weighted by Crippen LogP contribution is -2.05. The van der Waals surface area contributed by atoms with E-state index < -0.39 is 17.8 Å². The van der Waals surface area contributed by atoms with Crippen molar-refractivity contribution in [1.82, 2.24) is 0 Å². The van der Waals surface area contributed by atoms with Gasteiger partial charge in [-0.05, 0) is 19.1 Å². The second-order valence-electron chi connectivity index (χ2n) is 3.11. The number of nitrogens with zero attached hydrogens (tertiary/aromatic N) is 1. The van der Waals surface area contributed by atoms with E-state index in [2.05, 4.69) is 0 Å². The summed E-state index contributed by atoms with van der Waals surface area (Å²) in [6.07, 6.45) is -2.69. The molecule has 3 nitrogen and oxygen atoms in total. The highest BCUT2D eigenvalue weighted by atomic mass is 19.3.